The summed E-state index contributed by atoms with van der Waals surface area (Å²) in [5.74, 6) is 0.00136. The lowest BCUT2D eigenvalue weighted by Crippen LogP contribution is -2.30. The van der Waals surface area contributed by atoms with Gasteiger partial charge in [-0.15, -0.1) is 0 Å². The first-order valence-corrected chi connectivity index (χ1v) is 12.9. The van der Waals surface area contributed by atoms with Crippen LogP contribution in [0.2, 0.25) is 0 Å². The molecule has 3 aromatic carbocycles. The van der Waals surface area contributed by atoms with Gasteiger partial charge in [0, 0.05) is 18.3 Å². The van der Waals surface area contributed by atoms with Crippen LogP contribution >= 0.6 is 0 Å². The van der Waals surface area contributed by atoms with Gasteiger partial charge in [-0.05, 0) is 73.9 Å². The van der Waals surface area contributed by atoms with E-state index in [-0.39, 0.29) is 11.3 Å². The molecule has 8 heteroatoms. The molecule has 0 saturated carbocycles. The van der Waals surface area contributed by atoms with Crippen LogP contribution in [0.15, 0.2) is 60.2 Å². The number of methoxy groups -OCH3 is 1. The molecule has 0 aliphatic carbocycles. The van der Waals surface area contributed by atoms with Crippen molar-refractivity contribution in [2.24, 2.45) is 0 Å². The number of likely N-dealkylation sites (N-methyl/N-ethyl adjacent to an activating group) is 1. The molecule has 1 fully saturated rings. The molecule has 1 atom stereocenters. The fourth-order valence-corrected chi connectivity index (χ4v) is 5.18. The molecule has 5 rings (SSSR count). The summed E-state index contributed by atoms with van der Waals surface area (Å²) >= 11 is 0. The summed E-state index contributed by atoms with van der Waals surface area (Å²) < 4.78 is 17.0. The van der Waals surface area contributed by atoms with Crippen LogP contribution in [0.3, 0.4) is 0 Å². The third kappa shape index (κ3) is 4.46. The van der Waals surface area contributed by atoms with Gasteiger partial charge in [0.15, 0.2) is 11.5 Å². The molecule has 2 heterocycles. The molecule has 2 aliphatic heterocycles. The number of fused-ring (bicyclic) bond motifs is 1. The second-order valence-corrected chi connectivity index (χ2v) is 9.68. The molecule has 0 aromatic heterocycles. The van der Waals surface area contributed by atoms with Gasteiger partial charge in [-0.2, -0.15) is 0 Å². The van der Waals surface area contributed by atoms with Crippen LogP contribution in [0.25, 0.3) is 5.76 Å². The van der Waals surface area contributed by atoms with Crippen LogP contribution in [-0.2, 0) is 9.59 Å². The van der Waals surface area contributed by atoms with Crippen molar-refractivity contribution in [1.29, 1.82) is 0 Å². The minimum absolute atomic E-state index is 0.00727. The average molecular weight is 529 g/mol. The van der Waals surface area contributed by atoms with E-state index in [1.165, 1.54) is 4.90 Å². The smallest absolute Gasteiger partial charge is 0.300 e. The second kappa shape index (κ2) is 10.4. The predicted molar refractivity (Wildman–Crippen MR) is 150 cm³/mol. The Labute approximate surface area is 228 Å². The average Bonchev–Trinajstić information content (AvgIpc) is 3.20. The highest BCUT2D eigenvalue weighted by Gasteiger charge is 2.47. The van der Waals surface area contributed by atoms with Crippen molar-refractivity contribution in [2.75, 3.05) is 43.7 Å². The fraction of sp³-hybridized carbons (Fsp3) is 0.290. The number of aryl methyl sites for hydroxylation is 1. The zero-order valence-corrected chi connectivity index (χ0v) is 22.8. The summed E-state index contributed by atoms with van der Waals surface area (Å²) in [5.41, 5.74) is 4.30. The first-order chi connectivity index (χ1) is 18.8. The van der Waals surface area contributed by atoms with E-state index in [0.717, 1.165) is 16.8 Å². The highest BCUT2D eigenvalue weighted by atomic mass is 16.5. The summed E-state index contributed by atoms with van der Waals surface area (Å²) in [7, 11) is 3.49. The topological polar surface area (TPSA) is 88.5 Å². The number of Topliss-reactive ketones (excluding diaryl/α,β-unsaturated/α-hetero) is 1. The molecule has 8 nitrogen and oxygen atoms in total. The Morgan fingerprint density at radius 1 is 1.05 bits per heavy atom. The summed E-state index contributed by atoms with van der Waals surface area (Å²) in [6.07, 6.45) is 0. The molecular weight excluding hydrogens is 496 g/mol. The number of hydrogen-bond donors (Lipinski definition) is 1. The molecule has 2 aliphatic rings. The Hall–Kier alpha value is -4.46. The van der Waals surface area contributed by atoms with Gasteiger partial charge in [-0.3, -0.25) is 14.5 Å². The van der Waals surface area contributed by atoms with Crippen molar-refractivity contribution in [3.63, 3.8) is 0 Å². The number of benzene rings is 3. The van der Waals surface area contributed by atoms with E-state index in [0.29, 0.717) is 53.8 Å². The number of carbonyl (C=O) groups excluding carboxylic acids is 2. The number of anilines is 2. The number of ether oxygens (including phenoxy) is 3. The van der Waals surface area contributed by atoms with E-state index in [2.05, 4.69) is 0 Å². The van der Waals surface area contributed by atoms with Gasteiger partial charge in [-0.1, -0.05) is 18.2 Å². The molecule has 202 valence electrons. The summed E-state index contributed by atoms with van der Waals surface area (Å²) in [5, 5.41) is 11.7. The van der Waals surface area contributed by atoms with Gasteiger partial charge in [0.2, 0.25) is 0 Å². The van der Waals surface area contributed by atoms with Crippen molar-refractivity contribution >= 4 is 28.8 Å². The Morgan fingerprint density at radius 2 is 1.85 bits per heavy atom. The highest BCUT2D eigenvalue weighted by Crippen LogP contribution is 2.46. The first-order valence-electron chi connectivity index (χ1n) is 12.9. The van der Waals surface area contributed by atoms with Gasteiger partial charge in [-0.25, -0.2) is 0 Å². The number of carbonyl (C=O) groups is 2. The maximum Gasteiger partial charge on any atom is 0.300 e. The summed E-state index contributed by atoms with van der Waals surface area (Å²) in [6, 6.07) is 15.3. The highest BCUT2D eigenvalue weighted by molar-refractivity contribution is 6.51. The van der Waals surface area contributed by atoms with Crippen LogP contribution in [0.4, 0.5) is 11.4 Å². The Kier molecular flexibility index (Phi) is 6.95. The minimum Gasteiger partial charge on any atom is -0.507 e. The SMILES string of the molecule is CCOc1cc(C2/C(=C(\O)c3ccc4c(c3)N(C)CCO4)C(=O)C(=O)N2c2cccc(C)c2C)ccc1OC. The van der Waals surface area contributed by atoms with Crippen molar-refractivity contribution in [1.82, 2.24) is 0 Å². The molecule has 3 aromatic rings. The van der Waals surface area contributed by atoms with Crippen LogP contribution in [-0.4, -0.2) is 50.7 Å². The number of amides is 1. The summed E-state index contributed by atoms with van der Waals surface area (Å²) in [6.45, 7) is 7.40. The van der Waals surface area contributed by atoms with E-state index in [1.54, 1.807) is 43.5 Å². The molecule has 0 spiro atoms. The molecule has 1 unspecified atom stereocenters. The fourth-order valence-electron chi connectivity index (χ4n) is 5.18. The Balaban J connectivity index is 1.74. The quantitative estimate of drug-likeness (QED) is 0.268. The third-order valence-electron chi connectivity index (χ3n) is 7.41. The van der Waals surface area contributed by atoms with Crippen molar-refractivity contribution in [3.8, 4) is 17.2 Å². The van der Waals surface area contributed by atoms with E-state index < -0.39 is 17.7 Å². The number of aliphatic hydroxyl groups excluding tert-OH is 1. The molecule has 1 saturated heterocycles. The molecular formula is C31H32N2O6. The van der Waals surface area contributed by atoms with Crippen LogP contribution in [0, 0.1) is 13.8 Å². The lowest BCUT2D eigenvalue weighted by atomic mass is 9.94. The number of rotatable bonds is 6. The zero-order valence-electron chi connectivity index (χ0n) is 22.8. The predicted octanol–water partition coefficient (Wildman–Crippen LogP) is 5.17. The second-order valence-electron chi connectivity index (χ2n) is 9.68. The normalized spacial score (nSPS) is 18.1. The van der Waals surface area contributed by atoms with Crippen LogP contribution in [0.1, 0.15) is 35.2 Å². The standard InChI is InChI=1S/C31H32N2O6/c1-6-38-26-17-20(10-13-25(26)37-5)28-27(29(34)21-11-12-24-23(16-21)32(4)14-15-39-24)30(35)31(36)33(28)22-9-7-8-18(2)19(22)3/h7-13,16-17,28,34H,6,14-15H2,1-5H3/b29-27+. The largest absolute Gasteiger partial charge is 0.507 e. The molecule has 1 N–H and O–H groups in total. The van der Waals surface area contributed by atoms with Gasteiger partial charge in [0.25, 0.3) is 11.7 Å². The molecule has 0 radical (unpaired) electrons. The van der Waals surface area contributed by atoms with Crippen molar-refractivity contribution < 1.29 is 28.9 Å². The zero-order chi connectivity index (χ0) is 27.8. The third-order valence-corrected chi connectivity index (χ3v) is 7.41. The summed E-state index contributed by atoms with van der Waals surface area (Å²) in [4.78, 5) is 30.8. The maximum absolute atomic E-state index is 13.7. The van der Waals surface area contributed by atoms with Crippen LogP contribution < -0.4 is 24.0 Å². The van der Waals surface area contributed by atoms with Gasteiger partial charge >= 0.3 is 0 Å². The van der Waals surface area contributed by atoms with Crippen molar-refractivity contribution in [2.45, 2.75) is 26.8 Å². The maximum atomic E-state index is 13.7. The number of nitrogens with zero attached hydrogens (tertiary/aromatic N) is 2. The molecule has 1 amide bonds. The van der Waals surface area contributed by atoms with Gasteiger partial charge in [0.1, 0.15) is 18.1 Å². The van der Waals surface area contributed by atoms with E-state index >= 15 is 0 Å². The van der Waals surface area contributed by atoms with E-state index in [1.807, 2.05) is 50.9 Å². The minimum atomic E-state index is -0.888. The van der Waals surface area contributed by atoms with Gasteiger partial charge < -0.3 is 24.2 Å². The number of hydrogen-bond acceptors (Lipinski definition) is 7. The van der Waals surface area contributed by atoms with E-state index in [4.69, 9.17) is 14.2 Å². The number of ketones is 1. The lowest BCUT2D eigenvalue weighted by molar-refractivity contribution is -0.132. The van der Waals surface area contributed by atoms with Crippen LogP contribution in [0.5, 0.6) is 17.2 Å². The molecule has 0 bridgehead atoms. The van der Waals surface area contributed by atoms with Crippen molar-refractivity contribution in [3.05, 3.63) is 82.4 Å². The Bertz CT molecular complexity index is 1490. The number of aliphatic hydroxyl groups is 1. The molecule has 39 heavy (non-hydrogen) atoms. The monoisotopic (exact) mass is 528 g/mol. The lowest BCUT2D eigenvalue weighted by Gasteiger charge is -2.29. The Morgan fingerprint density at radius 3 is 2.59 bits per heavy atom. The van der Waals surface area contributed by atoms with Gasteiger partial charge in [0.05, 0.1) is 37.6 Å². The first kappa shape index (κ1) is 26.2. The van der Waals surface area contributed by atoms with E-state index in [9.17, 15) is 14.7 Å².